The molecule has 18 heavy (non-hydrogen) atoms. The number of anilines is 1. The molecule has 1 aliphatic carbocycles. The monoisotopic (exact) mass is 247 g/mol. The molecule has 1 saturated carbocycles. The number of nitrogens with zero attached hydrogens (tertiary/aromatic N) is 2. The summed E-state index contributed by atoms with van der Waals surface area (Å²) in [4.78, 5) is 6.91. The highest BCUT2D eigenvalue weighted by Gasteiger charge is 2.22. The first-order valence-electron chi connectivity index (χ1n) is 7.08. The molecule has 0 aromatic carbocycles. The predicted octanol–water partition coefficient (Wildman–Crippen LogP) is 2.60. The van der Waals surface area contributed by atoms with Crippen LogP contribution in [0.2, 0.25) is 0 Å². The Labute approximate surface area is 110 Å². The molecule has 0 atom stereocenters. The lowest BCUT2D eigenvalue weighted by Gasteiger charge is -2.34. The lowest BCUT2D eigenvalue weighted by Crippen LogP contribution is -2.35. The van der Waals surface area contributed by atoms with Crippen LogP contribution in [0.3, 0.4) is 0 Å². The molecular weight excluding hydrogens is 222 g/mol. The minimum atomic E-state index is 0.661. The Kier molecular flexibility index (Phi) is 4.59. The summed E-state index contributed by atoms with van der Waals surface area (Å²) < 4.78 is 0. The van der Waals surface area contributed by atoms with Crippen LogP contribution < -0.4 is 10.6 Å². The zero-order valence-electron chi connectivity index (χ0n) is 11.6. The summed E-state index contributed by atoms with van der Waals surface area (Å²) >= 11 is 0. The summed E-state index contributed by atoms with van der Waals surface area (Å²) in [6, 6.07) is 4.94. The summed E-state index contributed by atoms with van der Waals surface area (Å²) in [6.07, 6.45) is 8.16. The predicted molar refractivity (Wildman–Crippen MR) is 76.8 cm³/mol. The van der Waals surface area contributed by atoms with Gasteiger partial charge in [0, 0.05) is 19.3 Å². The fourth-order valence-corrected chi connectivity index (χ4v) is 2.76. The summed E-state index contributed by atoms with van der Waals surface area (Å²) in [7, 11) is 2.17. The van der Waals surface area contributed by atoms with Crippen molar-refractivity contribution in [1.82, 2.24) is 4.98 Å². The Morgan fingerprint density at radius 3 is 2.56 bits per heavy atom. The second kappa shape index (κ2) is 6.19. The standard InChI is InChI=1S/C15H25N3/c1-12-3-6-14(7-4-12)18(2)15-8-5-13(9-10-16)11-17-15/h5,8,11-12,14H,3-4,6-7,9-10,16H2,1-2H3. The minimum Gasteiger partial charge on any atom is -0.357 e. The third kappa shape index (κ3) is 3.22. The van der Waals surface area contributed by atoms with Crippen molar-refractivity contribution >= 4 is 5.82 Å². The molecule has 0 bridgehead atoms. The summed E-state index contributed by atoms with van der Waals surface area (Å²) in [5.74, 6) is 1.99. The number of rotatable bonds is 4. The molecule has 0 radical (unpaired) electrons. The van der Waals surface area contributed by atoms with E-state index in [0.717, 1.165) is 18.2 Å². The topological polar surface area (TPSA) is 42.1 Å². The number of hydrogen-bond donors (Lipinski definition) is 1. The van der Waals surface area contributed by atoms with Crippen molar-refractivity contribution in [2.45, 2.75) is 45.1 Å². The van der Waals surface area contributed by atoms with E-state index in [4.69, 9.17) is 5.73 Å². The molecule has 1 aliphatic rings. The number of nitrogens with two attached hydrogens (primary N) is 1. The zero-order valence-corrected chi connectivity index (χ0v) is 11.6. The Balaban J connectivity index is 1.97. The van der Waals surface area contributed by atoms with Gasteiger partial charge >= 0.3 is 0 Å². The smallest absolute Gasteiger partial charge is 0.128 e. The van der Waals surface area contributed by atoms with Crippen molar-refractivity contribution in [3.8, 4) is 0 Å². The fourth-order valence-electron chi connectivity index (χ4n) is 2.76. The third-order valence-electron chi connectivity index (χ3n) is 4.14. The average molecular weight is 247 g/mol. The Morgan fingerprint density at radius 1 is 1.28 bits per heavy atom. The van der Waals surface area contributed by atoms with Gasteiger partial charge in [0.15, 0.2) is 0 Å². The van der Waals surface area contributed by atoms with Crippen LogP contribution in [0.1, 0.15) is 38.2 Å². The van der Waals surface area contributed by atoms with Crippen LogP contribution in [0.15, 0.2) is 18.3 Å². The molecule has 1 aromatic heterocycles. The normalized spacial score (nSPS) is 23.9. The third-order valence-corrected chi connectivity index (χ3v) is 4.14. The van der Waals surface area contributed by atoms with E-state index in [-0.39, 0.29) is 0 Å². The maximum absolute atomic E-state index is 5.55. The van der Waals surface area contributed by atoms with Crippen molar-refractivity contribution in [3.63, 3.8) is 0 Å². The highest BCUT2D eigenvalue weighted by Crippen LogP contribution is 2.28. The molecule has 0 saturated heterocycles. The van der Waals surface area contributed by atoms with Crippen LogP contribution in [-0.4, -0.2) is 24.6 Å². The Morgan fingerprint density at radius 2 is 2.00 bits per heavy atom. The van der Waals surface area contributed by atoms with Crippen molar-refractivity contribution < 1.29 is 0 Å². The van der Waals surface area contributed by atoms with E-state index in [0.29, 0.717) is 12.6 Å². The van der Waals surface area contributed by atoms with Crippen molar-refractivity contribution in [1.29, 1.82) is 0 Å². The van der Waals surface area contributed by atoms with Gasteiger partial charge in [0.2, 0.25) is 0 Å². The van der Waals surface area contributed by atoms with Gasteiger partial charge in [0.1, 0.15) is 5.82 Å². The van der Waals surface area contributed by atoms with Gasteiger partial charge in [0.25, 0.3) is 0 Å². The number of aromatic nitrogens is 1. The molecule has 0 spiro atoms. The molecule has 3 nitrogen and oxygen atoms in total. The number of pyridine rings is 1. The number of hydrogen-bond acceptors (Lipinski definition) is 3. The quantitative estimate of drug-likeness (QED) is 0.889. The maximum Gasteiger partial charge on any atom is 0.128 e. The Bertz CT molecular complexity index is 353. The van der Waals surface area contributed by atoms with Crippen LogP contribution in [0.25, 0.3) is 0 Å². The lowest BCUT2D eigenvalue weighted by atomic mass is 9.87. The van der Waals surface area contributed by atoms with Crippen molar-refractivity contribution in [2.24, 2.45) is 11.7 Å². The summed E-state index contributed by atoms with van der Waals surface area (Å²) in [5, 5.41) is 0. The first kappa shape index (κ1) is 13.3. The molecule has 3 heteroatoms. The van der Waals surface area contributed by atoms with E-state index in [2.05, 4.69) is 36.0 Å². The maximum atomic E-state index is 5.55. The summed E-state index contributed by atoms with van der Waals surface area (Å²) in [5.41, 5.74) is 6.78. The van der Waals surface area contributed by atoms with E-state index in [1.165, 1.54) is 31.2 Å². The van der Waals surface area contributed by atoms with E-state index < -0.39 is 0 Å². The second-order valence-corrected chi connectivity index (χ2v) is 5.59. The van der Waals surface area contributed by atoms with Crippen LogP contribution in [0.5, 0.6) is 0 Å². The van der Waals surface area contributed by atoms with Crippen LogP contribution in [-0.2, 0) is 6.42 Å². The zero-order chi connectivity index (χ0) is 13.0. The van der Waals surface area contributed by atoms with Gasteiger partial charge in [-0.15, -0.1) is 0 Å². The molecule has 1 fully saturated rings. The van der Waals surface area contributed by atoms with E-state index in [1.54, 1.807) is 0 Å². The first-order valence-corrected chi connectivity index (χ1v) is 7.08. The highest BCUT2D eigenvalue weighted by molar-refractivity contribution is 5.39. The molecular formula is C15H25N3. The van der Waals surface area contributed by atoms with Crippen molar-refractivity contribution in [2.75, 3.05) is 18.5 Å². The fraction of sp³-hybridized carbons (Fsp3) is 0.667. The van der Waals surface area contributed by atoms with Crippen LogP contribution in [0, 0.1) is 5.92 Å². The first-order chi connectivity index (χ1) is 8.70. The SMILES string of the molecule is CC1CCC(N(C)c2ccc(CCN)cn2)CC1. The van der Waals surface area contributed by atoms with Gasteiger partial charge < -0.3 is 10.6 Å². The van der Waals surface area contributed by atoms with E-state index >= 15 is 0 Å². The van der Waals surface area contributed by atoms with Gasteiger partial charge in [0.05, 0.1) is 0 Å². The molecule has 1 heterocycles. The van der Waals surface area contributed by atoms with Crippen LogP contribution >= 0.6 is 0 Å². The second-order valence-electron chi connectivity index (χ2n) is 5.59. The van der Waals surface area contributed by atoms with Crippen LogP contribution in [0.4, 0.5) is 5.82 Å². The van der Waals surface area contributed by atoms with Gasteiger partial charge in [-0.2, -0.15) is 0 Å². The molecule has 0 aliphatic heterocycles. The van der Waals surface area contributed by atoms with Gasteiger partial charge in [-0.1, -0.05) is 13.0 Å². The van der Waals surface area contributed by atoms with E-state index in [1.807, 2.05) is 6.20 Å². The molecule has 2 rings (SSSR count). The highest BCUT2D eigenvalue weighted by atomic mass is 15.2. The largest absolute Gasteiger partial charge is 0.357 e. The van der Waals surface area contributed by atoms with E-state index in [9.17, 15) is 0 Å². The Hall–Kier alpha value is -1.09. The van der Waals surface area contributed by atoms with Gasteiger partial charge in [-0.3, -0.25) is 0 Å². The lowest BCUT2D eigenvalue weighted by molar-refractivity contribution is 0.340. The molecule has 1 aromatic rings. The molecule has 100 valence electrons. The molecule has 2 N–H and O–H groups in total. The minimum absolute atomic E-state index is 0.661. The average Bonchev–Trinajstić information content (AvgIpc) is 2.40. The van der Waals surface area contributed by atoms with Gasteiger partial charge in [-0.05, 0) is 56.2 Å². The van der Waals surface area contributed by atoms with Gasteiger partial charge in [-0.25, -0.2) is 4.98 Å². The molecule has 0 amide bonds. The van der Waals surface area contributed by atoms with Crippen molar-refractivity contribution in [3.05, 3.63) is 23.9 Å². The summed E-state index contributed by atoms with van der Waals surface area (Å²) in [6.45, 7) is 3.05. The molecule has 0 unspecified atom stereocenters.